The zero-order chi connectivity index (χ0) is 31.8. The third-order valence-corrected chi connectivity index (χ3v) is 10.4. The molecule has 226 valence electrons. The van der Waals surface area contributed by atoms with Gasteiger partial charge < -0.3 is 8.98 Å². The van der Waals surface area contributed by atoms with Crippen molar-refractivity contribution in [1.29, 1.82) is 0 Å². The fourth-order valence-corrected chi connectivity index (χ4v) is 8.27. The molecule has 5 heteroatoms. The first kappa shape index (κ1) is 25.4. The average molecular weight is 625 g/mol. The lowest BCUT2D eigenvalue weighted by molar-refractivity contribution is 0.669. The van der Waals surface area contributed by atoms with Gasteiger partial charge >= 0.3 is 0 Å². The van der Waals surface area contributed by atoms with Crippen LogP contribution in [0.3, 0.4) is 0 Å². The van der Waals surface area contributed by atoms with Crippen LogP contribution in [0.15, 0.2) is 150 Å². The average Bonchev–Trinajstić information content (AvgIpc) is 3.88. The maximum Gasteiger partial charge on any atom is 0.165 e. The number of rotatable bonds is 2. The Kier molecular flexibility index (Phi) is 4.66. The van der Waals surface area contributed by atoms with Crippen LogP contribution >= 0.6 is 0 Å². The molecule has 0 atom stereocenters. The fraction of sp³-hybridized carbons (Fsp3) is 0. The van der Waals surface area contributed by atoms with Crippen LogP contribution < -0.4 is 0 Å². The number of para-hydroxylation sites is 5. The molecule has 7 aromatic carbocycles. The van der Waals surface area contributed by atoms with Gasteiger partial charge in [-0.15, -0.1) is 0 Å². The Bertz CT molecular complexity index is 3340. The summed E-state index contributed by atoms with van der Waals surface area (Å²) < 4.78 is 10.9. The van der Waals surface area contributed by atoms with Crippen LogP contribution in [-0.2, 0) is 0 Å². The highest BCUT2D eigenvalue weighted by molar-refractivity contribution is 6.23. The molecule has 0 amide bonds. The van der Waals surface area contributed by atoms with Crippen LogP contribution in [-0.4, -0.2) is 18.9 Å². The van der Waals surface area contributed by atoms with Gasteiger partial charge in [-0.3, -0.25) is 4.40 Å². The molecule has 0 aliphatic rings. The number of nitrogens with zero attached hydrogens (tertiary/aromatic N) is 4. The van der Waals surface area contributed by atoms with Gasteiger partial charge in [-0.1, -0.05) is 84.9 Å². The highest BCUT2D eigenvalue weighted by atomic mass is 16.3. The number of aromatic nitrogens is 4. The zero-order valence-corrected chi connectivity index (χ0v) is 26.1. The van der Waals surface area contributed by atoms with Crippen LogP contribution in [0.5, 0.6) is 0 Å². The third kappa shape index (κ3) is 3.28. The second-order valence-corrected chi connectivity index (χ2v) is 13.0. The molecule has 12 aromatic rings. The summed E-state index contributed by atoms with van der Waals surface area (Å²) in [7, 11) is 0. The minimum atomic E-state index is 0.892. The molecule has 0 saturated heterocycles. The van der Waals surface area contributed by atoms with Crippen molar-refractivity contribution in [3.8, 4) is 16.8 Å². The minimum Gasteiger partial charge on any atom is -0.456 e. The van der Waals surface area contributed by atoms with E-state index in [9.17, 15) is 0 Å². The Morgan fingerprint density at radius 2 is 1.06 bits per heavy atom. The molecule has 0 aliphatic heterocycles. The molecule has 0 N–H and O–H groups in total. The molecule has 0 fully saturated rings. The molecule has 5 nitrogen and oxygen atoms in total. The van der Waals surface area contributed by atoms with Gasteiger partial charge in [0.15, 0.2) is 5.65 Å². The predicted octanol–water partition coefficient (Wildman–Crippen LogP) is 11.4. The van der Waals surface area contributed by atoms with Crippen LogP contribution in [0.1, 0.15) is 0 Å². The number of hydrogen-bond acceptors (Lipinski definition) is 3. The van der Waals surface area contributed by atoms with Gasteiger partial charge in [0, 0.05) is 43.4 Å². The number of fused-ring (bicyclic) bond motifs is 13. The van der Waals surface area contributed by atoms with Crippen molar-refractivity contribution in [2.75, 3.05) is 0 Å². The first-order chi connectivity index (χ1) is 24.3. The summed E-state index contributed by atoms with van der Waals surface area (Å²) in [5.41, 5.74) is 13.5. The monoisotopic (exact) mass is 624 g/mol. The van der Waals surface area contributed by atoms with Crippen molar-refractivity contribution in [2.24, 2.45) is 0 Å². The highest BCUT2D eigenvalue weighted by Crippen LogP contribution is 2.42. The van der Waals surface area contributed by atoms with Gasteiger partial charge in [-0.05, 0) is 71.8 Å². The smallest absolute Gasteiger partial charge is 0.165 e. The number of furan rings is 1. The second kappa shape index (κ2) is 9.00. The number of hydrogen-bond donors (Lipinski definition) is 0. The first-order valence-corrected chi connectivity index (χ1v) is 16.6. The Morgan fingerprint density at radius 1 is 0.429 bits per heavy atom. The Balaban J connectivity index is 1.18. The molecule has 12 rings (SSSR count). The van der Waals surface area contributed by atoms with E-state index >= 15 is 0 Å². The van der Waals surface area contributed by atoms with Gasteiger partial charge in [-0.25, -0.2) is 9.97 Å². The quantitative estimate of drug-likeness (QED) is 0.192. The fourth-order valence-electron chi connectivity index (χ4n) is 8.27. The van der Waals surface area contributed by atoms with Crippen molar-refractivity contribution in [2.45, 2.75) is 0 Å². The minimum absolute atomic E-state index is 0.892. The van der Waals surface area contributed by atoms with E-state index in [0.29, 0.717) is 0 Å². The SMILES string of the molecule is c1ccc2nc3c(nc2c1)c1cc(-n2c4ccccc4c4ccc(-c5ccc6oc7ccccc7c6c5)cc42)cc2c4ccccc4n3c21. The molecule has 0 saturated carbocycles. The van der Waals surface area contributed by atoms with Crippen LogP contribution in [0, 0.1) is 0 Å². The molecule has 0 bridgehead atoms. The largest absolute Gasteiger partial charge is 0.456 e. The summed E-state index contributed by atoms with van der Waals surface area (Å²) in [4.78, 5) is 10.4. The van der Waals surface area contributed by atoms with Crippen molar-refractivity contribution in [3.05, 3.63) is 146 Å². The Labute approximate surface area is 278 Å². The lowest BCUT2D eigenvalue weighted by Gasteiger charge is -2.10. The zero-order valence-electron chi connectivity index (χ0n) is 26.1. The van der Waals surface area contributed by atoms with Crippen LogP contribution in [0.25, 0.3) is 110 Å². The maximum atomic E-state index is 6.15. The molecule has 0 radical (unpaired) electrons. The van der Waals surface area contributed by atoms with E-state index < -0.39 is 0 Å². The molecular formula is C44H24N4O. The van der Waals surface area contributed by atoms with Crippen molar-refractivity contribution < 1.29 is 4.42 Å². The topological polar surface area (TPSA) is 48.3 Å². The standard InChI is InChI=1S/C44H24N4O/c1-6-14-37-28(9-1)30-19-17-26(25-18-20-41-32(21-25)31-11-3-8-16-40(31)49-41)22-39(30)47(37)27-23-33-29-10-2-7-15-38(29)48-43(33)34(24-27)42-44(48)46-36-13-5-4-12-35(36)45-42/h1-24H. The van der Waals surface area contributed by atoms with Crippen molar-refractivity contribution >= 4 is 93.1 Å². The van der Waals surface area contributed by atoms with E-state index in [-0.39, 0.29) is 0 Å². The predicted molar refractivity (Wildman–Crippen MR) is 201 cm³/mol. The normalized spacial score (nSPS) is 12.5. The van der Waals surface area contributed by atoms with Gasteiger partial charge in [0.05, 0.1) is 33.1 Å². The summed E-state index contributed by atoms with van der Waals surface area (Å²) in [5.74, 6) is 0. The summed E-state index contributed by atoms with van der Waals surface area (Å²) in [6.07, 6.45) is 0. The molecule has 49 heavy (non-hydrogen) atoms. The van der Waals surface area contributed by atoms with Crippen molar-refractivity contribution in [3.63, 3.8) is 0 Å². The molecule has 5 heterocycles. The van der Waals surface area contributed by atoms with E-state index in [1.165, 1.54) is 27.1 Å². The Morgan fingerprint density at radius 3 is 1.94 bits per heavy atom. The van der Waals surface area contributed by atoms with Crippen LogP contribution in [0.4, 0.5) is 0 Å². The van der Waals surface area contributed by atoms with E-state index in [0.717, 1.165) is 82.9 Å². The van der Waals surface area contributed by atoms with E-state index in [4.69, 9.17) is 14.4 Å². The van der Waals surface area contributed by atoms with E-state index in [2.05, 4.69) is 118 Å². The van der Waals surface area contributed by atoms with Gasteiger partial charge in [0.25, 0.3) is 0 Å². The lowest BCUT2D eigenvalue weighted by atomic mass is 10.0. The van der Waals surface area contributed by atoms with Gasteiger partial charge in [0.2, 0.25) is 0 Å². The summed E-state index contributed by atoms with van der Waals surface area (Å²) in [6.45, 7) is 0. The third-order valence-electron chi connectivity index (χ3n) is 10.4. The summed E-state index contributed by atoms with van der Waals surface area (Å²) in [5, 5.41) is 8.23. The molecule has 0 aliphatic carbocycles. The number of benzene rings is 7. The summed E-state index contributed by atoms with van der Waals surface area (Å²) in [6, 6.07) is 51.8. The van der Waals surface area contributed by atoms with Crippen molar-refractivity contribution in [1.82, 2.24) is 18.9 Å². The van der Waals surface area contributed by atoms with Gasteiger partial charge in [-0.2, -0.15) is 0 Å². The molecular weight excluding hydrogens is 601 g/mol. The maximum absolute atomic E-state index is 6.15. The Hall–Kier alpha value is -6.72. The molecule has 0 spiro atoms. The second-order valence-electron chi connectivity index (χ2n) is 13.0. The molecule has 5 aromatic heterocycles. The van der Waals surface area contributed by atoms with E-state index in [1.54, 1.807) is 0 Å². The van der Waals surface area contributed by atoms with Crippen LogP contribution in [0.2, 0.25) is 0 Å². The lowest BCUT2D eigenvalue weighted by Crippen LogP contribution is -1.94. The van der Waals surface area contributed by atoms with E-state index in [1.807, 2.05) is 36.4 Å². The summed E-state index contributed by atoms with van der Waals surface area (Å²) >= 11 is 0. The first-order valence-electron chi connectivity index (χ1n) is 16.6. The van der Waals surface area contributed by atoms with Gasteiger partial charge in [0.1, 0.15) is 16.7 Å². The molecule has 0 unspecified atom stereocenters. The highest BCUT2D eigenvalue weighted by Gasteiger charge is 2.22.